The molecular formula is C17H13F2N3O. The summed E-state index contributed by atoms with van der Waals surface area (Å²) in [4.78, 5) is 12.0. The molecule has 0 unspecified atom stereocenters. The third-order valence-corrected chi connectivity index (χ3v) is 3.37. The minimum atomic E-state index is -0.894. The van der Waals surface area contributed by atoms with Gasteiger partial charge in [0, 0.05) is 24.5 Å². The van der Waals surface area contributed by atoms with Crippen LogP contribution in [0.2, 0.25) is 0 Å². The minimum Gasteiger partial charge on any atom is -0.322 e. The van der Waals surface area contributed by atoms with Crippen LogP contribution in [-0.2, 0) is 7.05 Å². The van der Waals surface area contributed by atoms with Crippen LogP contribution in [0.1, 0.15) is 10.4 Å². The van der Waals surface area contributed by atoms with Gasteiger partial charge in [-0.05, 0) is 29.8 Å². The number of halogens is 2. The standard InChI is InChI=1S/C17H13F2N3O/c1-22-10-12(9-20-22)11-5-7-13(8-6-11)21-17(23)16-14(18)3-2-4-15(16)19/h2-10H,1H3,(H,21,23). The van der Waals surface area contributed by atoms with Gasteiger partial charge in [0.2, 0.25) is 0 Å². The summed E-state index contributed by atoms with van der Waals surface area (Å²) in [5.74, 6) is -2.61. The van der Waals surface area contributed by atoms with E-state index < -0.39 is 23.1 Å². The Morgan fingerprint density at radius 1 is 1.04 bits per heavy atom. The minimum absolute atomic E-state index is 0.449. The third kappa shape index (κ3) is 3.11. The van der Waals surface area contributed by atoms with Crippen LogP contribution in [0.4, 0.5) is 14.5 Å². The van der Waals surface area contributed by atoms with E-state index in [2.05, 4.69) is 10.4 Å². The van der Waals surface area contributed by atoms with Crippen LogP contribution in [0.15, 0.2) is 54.9 Å². The van der Waals surface area contributed by atoms with E-state index in [4.69, 9.17) is 0 Å². The van der Waals surface area contributed by atoms with Crippen molar-refractivity contribution in [2.24, 2.45) is 7.05 Å². The Morgan fingerprint density at radius 3 is 2.26 bits per heavy atom. The van der Waals surface area contributed by atoms with Crippen LogP contribution in [0.5, 0.6) is 0 Å². The number of benzene rings is 2. The molecule has 3 rings (SSSR count). The fourth-order valence-electron chi connectivity index (χ4n) is 2.22. The molecule has 23 heavy (non-hydrogen) atoms. The monoisotopic (exact) mass is 313 g/mol. The highest BCUT2D eigenvalue weighted by atomic mass is 19.1. The average molecular weight is 313 g/mol. The molecule has 0 aliphatic heterocycles. The molecule has 0 aliphatic rings. The zero-order valence-corrected chi connectivity index (χ0v) is 12.3. The molecule has 1 heterocycles. The first-order chi connectivity index (χ1) is 11.0. The molecule has 0 bridgehead atoms. The smallest absolute Gasteiger partial charge is 0.261 e. The van der Waals surface area contributed by atoms with Crippen molar-refractivity contribution in [3.63, 3.8) is 0 Å². The zero-order valence-electron chi connectivity index (χ0n) is 12.3. The normalized spacial score (nSPS) is 10.6. The van der Waals surface area contributed by atoms with Gasteiger partial charge in [-0.2, -0.15) is 5.10 Å². The lowest BCUT2D eigenvalue weighted by atomic mass is 10.1. The highest BCUT2D eigenvalue weighted by Gasteiger charge is 2.17. The molecule has 0 spiro atoms. The van der Waals surface area contributed by atoms with Gasteiger partial charge in [-0.15, -0.1) is 0 Å². The Balaban J connectivity index is 1.79. The fourth-order valence-corrected chi connectivity index (χ4v) is 2.22. The summed E-state index contributed by atoms with van der Waals surface area (Å²) in [6, 6.07) is 10.2. The highest BCUT2D eigenvalue weighted by Crippen LogP contribution is 2.21. The van der Waals surface area contributed by atoms with Crippen molar-refractivity contribution in [2.45, 2.75) is 0 Å². The number of carbonyl (C=O) groups is 1. The van der Waals surface area contributed by atoms with E-state index in [9.17, 15) is 13.6 Å². The number of rotatable bonds is 3. The van der Waals surface area contributed by atoms with Gasteiger partial charge in [-0.25, -0.2) is 8.78 Å². The summed E-state index contributed by atoms with van der Waals surface area (Å²) >= 11 is 0. The maximum atomic E-state index is 13.6. The predicted octanol–water partition coefficient (Wildman–Crippen LogP) is 3.62. The van der Waals surface area contributed by atoms with Crippen molar-refractivity contribution in [3.05, 3.63) is 72.1 Å². The molecule has 0 aliphatic carbocycles. The van der Waals surface area contributed by atoms with Crippen LogP contribution in [0.3, 0.4) is 0 Å². The van der Waals surface area contributed by atoms with Gasteiger partial charge in [0.1, 0.15) is 17.2 Å². The quantitative estimate of drug-likeness (QED) is 0.803. The Kier molecular flexibility index (Phi) is 3.89. The lowest BCUT2D eigenvalue weighted by Crippen LogP contribution is -2.15. The summed E-state index contributed by atoms with van der Waals surface area (Å²) < 4.78 is 28.8. The maximum Gasteiger partial charge on any atom is 0.261 e. The van der Waals surface area contributed by atoms with Crippen molar-refractivity contribution in [3.8, 4) is 11.1 Å². The topological polar surface area (TPSA) is 46.9 Å². The molecule has 0 fully saturated rings. The van der Waals surface area contributed by atoms with Crippen molar-refractivity contribution in [1.82, 2.24) is 9.78 Å². The number of aromatic nitrogens is 2. The Hall–Kier alpha value is -3.02. The molecule has 6 heteroatoms. The van der Waals surface area contributed by atoms with E-state index in [1.807, 2.05) is 13.2 Å². The van der Waals surface area contributed by atoms with E-state index in [1.54, 1.807) is 35.1 Å². The number of nitrogens with one attached hydrogen (secondary N) is 1. The first-order valence-corrected chi connectivity index (χ1v) is 6.89. The van der Waals surface area contributed by atoms with Gasteiger partial charge in [-0.1, -0.05) is 18.2 Å². The summed E-state index contributed by atoms with van der Waals surface area (Å²) in [7, 11) is 1.82. The summed E-state index contributed by atoms with van der Waals surface area (Å²) in [6.45, 7) is 0. The van der Waals surface area contributed by atoms with Gasteiger partial charge < -0.3 is 5.32 Å². The van der Waals surface area contributed by atoms with Crippen molar-refractivity contribution < 1.29 is 13.6 Å². The van der Waals surface area contributed by atoms with Crippen LogP contribution >= 0.6 is 0 Å². The summed E-state index contributed by atoms with van der Waals surface area (Å²) in [5, 5.41) is 6.57. The van der Waals surface area contributed by atoms with E-state index in [0.29, 0.717) is 5.69 Å². The number of nitrogens with zero attached hydrogens (tertiary/aromatic N) is 2. The first kappa shape index (κ1) is 14.9. The Bertz CT molecular complexity index is 836. The summed E-state index contributed by atoms with van der Waals surface area (Å²) in [5.41, 5.74) is 1.72. The lowest BCUT2D eigenvalue weighted by Gasteiger charge is -2.07. The van der Waals surface area contributed by atoms with Crippen LogP contribution < -0.4 is 5.32 Å². The molecule has 2 aromatic carbocycles. The van der Waals surface area contributed by atoms with Gasteiger partial charge in [0.15, 0.2) is 0 Å². The Morgan fingerprint density at radius 2 is 1.70 bits per heavy atom. The van der Waals surface area contributed by atoms with Crippen LogP contribution in [0, 0.1) is 11.6 Å². The number of hydrogen-bond donors (Lipinski definition) is 1. The maximum absolute atomic E-state index is 13.6. The van der Waals surface area contributed by atoms with Gasteiger partial charge in [-0.3, -0.25) is 9.48 Å². The molecule has 3 aromatic rings. The molecule has 0 saturated heterocycles. The van der Waals surface area contributed by atoms with Gasteiger partial charge in [0.05, 0.1) is 6.20 Å². The van der Waals surface area contributed by atoms with E-state index in [1.165, 1.54) is 6.07 Å². The van der Waals surface area contributed by atoms with Crippen molar-refractivity contribution >= 4 is 11.6 Å². The van der Waals surface area contributed by atoms with Gasteiger partial charge >= 0.3 is 0 Å². The first-order valence-electron chi connectivity index (χ1n) is 6.89. The van der Waals surface area contributed by atoms with E-state index in [-0.39, 0.29) is 0 Å². The zero-order chi connectivity index (χ0) is 16.4. The van der Waals surface area contributed by atoms with Crippen molar-refractivity contribution in [1.29, 1.82) is 0 Å². The van der Waals surface area contributed by atoms with Crippen LogP contribution in [0.25, 0.3) is 11.1 Å². The molecule has 0 atom stereocenters. The second-order valence-corrected chi connectivity index (χ2v) is 5.03. The highest BCUT2D eigenvalue weighted by molar-refractivity contribution is 6.04. The molecule has 116 valence electrons. The van der Waals surface area contributed by atoms with E-state index in [0.717, 1.165) is 23.3 Å². The largest absolute Gasteiger partial charge is 0.322 e. The molecular weight excluding hydrogens is 300 g/mol. The SMILES string of the molecule is Cn1cc(-c2ccc(NC(=O)c3c(F)cccc3F)cc2)cn1. The predicted molar refractivity (Wildman–Crippen MR) is 83.0 cm³/mol. The second kappa shape index (κ2) is 6.00. The summed E-state index contributed by atoms with van der Waals surface area (Å²) in [6.07, 6.45) is 3.59. The van der Waals surface area contributed by atoms with Crippen LogP contribution in [-0.4, -0.2) is 15.7 Å². The second-order valence-electron chi connectivity index (χ2n) is 5.03. The number of anilines is 1. The number of aryl methyl sites for hydroxylation is 1. The molecule has 1 amide bonds. The fraction of sp³-hybridized carbons (Fsp3) is 0.0588. The number of amides is 1. The number of carbonyl (C=O) groups excluding carboxylic acids is 1. The molecule has 1 aromatic heterocycles. The Labute approximate surface area is 131 Å². The molecule has 0 radical (unpaired) electrons. The number of hydrogen-bond acceptors (Lipinski definition) is 2. The molecule has 1 N–H and O–H groups in total. The average Bonchev–Trinajstić information content (AvgIpc) is 2.94. The molecule has 4 nitrogen and oxygen atoms in total. The third-order valence-electron chi connectivity index (χ3n) is 3.37. The lowest BCUT2D eigenvalue weighted by molar-refractivity contribution is 0.101. The van der Waals surface area contributed by atoms with E-state index >= 15 is 0 Å². The van der Waals surface area contributed by atoms with Gasteiger partial charge in [0.25, 0.3) is 5.91 Å². The molecule has 0 saturated carbocycles. The van der Waals surface area contributed by atoms with Crippen molar-refractivity contribution in [2.75, 3.05) is 5.32 Å².